The fraction of sp³-hybridized carbons (Fsp3) is 0.280. The molecule has 0 saturated carbocycles. The second-order valence-electron chi connectivity index (χ2n) is 6.77. The predicted molar refractivity (Wildman–Crippen MR) is 108 cm³/mol. The average Bonchev–Trinajstić information content (AvgIpc) is 3.17. The first-order chi connectivity index (χ1) is 12.8. The summed E-state index contributed by atoms with van der Waals surface area (Å²) in [5.74, 6) is 13.9. The maximum Gasteiger partial charge on any atom is 0.139 e. The smallest absolute Gasteiger partial charge is 0.139 e. The topological polar surface area (TPSA) is 13.1 Å². The Hall–Kier alpha value is -2.90. The van der Waals surface area contributed by atoms with Crippen LogP contribution in [0.1, 0.15) is 61.8 Å². The number of fused-ring (bicyclic) bond motifs is 5. The zero-order valence-corrected chi connectivity index (χ0v) is 15.4. The highest BCUT2D eigenvalue weighted by atomic mass is 16.3. The third-order valence-corrected chi connectivity index (χ3v) is 4.73. The highest BCUT2D eigenvalue weighted by molar-refractivity contribution is 5.92. The largest absolute Gasteiger partial charge is 0.456 e. The third kappa shape index (κ3) is 3.02. The van der Waals surface area contributed by atoms with E-state index in [0.717, 1.165) is 54.6 Å². The Labute approximate surface area is 155 Å². The molecule has 0 unspecified atom stereocenters. The molecule has 1 nitrogen and oxygen atoms in total. The van der Waals surface area contributed by atoms with Crippen LogP contribution in [0.3, 0.4) is 0 Å². The van der Waals surface area contributed by atoms with Crippen molar-refractivity contribution in [2.45, 2.75) is 46.0 Å². The maximum absolute atomic E-state index is 6.22. The lowest BCUT2D eigenvalue weighted by Gasteiger charge is -2.00. The van der Waals surface area contributed by atoms with Crippen molar-refractivity contribution in [3.63, 3.8) is 0 Å². The van der Waals surface area contributed by atoms with Crippen LogP contribution in [-0.2, 0) is 6.42 Å². The molecular formula is C25H22O. The Morgan fingerprint density at radius 1 is 0.885 bits per heavy atom. The summed E-state index contributed by atoms with van der Waals surface area (Å²) in [5, 5.41) is 1.20. The van der Waals surface area contributed by atoms with Crippen LogP contribution in [0.2, 0.25) is 0 Å². The van der Waals surface area contributed by atoms with Crippen LogP contribution in [-0.4, -0.2) is 0 Å². The van der Waals surface area contributed by atoms with Crippen molar-refractivity contribution >= 4 is 11.0 Å². The monoisotopic (exact) mass is 338 g/mol. The Morgan fingerprint density at radius 2 is 1.58 bits per heavy atom. The highest BCUT2D eigenvalue weighted by Crippen LogP contribution is 2.43. The quantitative estimate of drug-likeness (QED) is 0.390. The fourth-order valence-electron chi connectivity index (χ4n) is 3.43. The summed E-state index contributed by atoms with van der Waals surface area (Å²) in [4.78, 5) is 0. The van der Waals surface area contributed by atoms with E-state index in [2.05, 4.69) is 73.9 Å². The van der Waals surface area contributed by atoms with Crippen LogP contribution >= 0.6 is 0 Å². The number of hydrogen-bond donors (Lipinski definition) is 0. The number of rotatable bonds is 2. The third-order valence-electron chi connectivity index (χ3n) is 4.73. The molecule has 26 heavy (non-hydrogen) atoms. The van der Waals surface area contributed by atoms with E-state index in [1.807, 2.05) is 0 Å². The van der Waals surface area contributed by atoms with Gasteiger partial charge >= 0.3 is 0 Å². The van der Waals surface area contributed by atoms with Gasteiger partial charge in [-0.2, -0.15) is 0 Å². The van der Waals surface area contributed by atoms with Crippen LogP contribution in [0.5, 0.6) is 0 Å². The van der Waals surface area contributed by atoms with Gasteiger partial charge in [-0.25, -0.2) is 0 Å². The molecule has 2 aromatic carbocycles. The minimum atomic E-state index is 0.918. The lowest BCUT2D eigenvalue weighted by molar-refractivity contribution is 0.631. The van der Waals surface area contributed by atoms with Crippen LogP contribution in [0.15, 0.2) is 40.8 Å². The highest BCUT2D eigenvalue weighted by Gasteiger charge is 2.25. The molecule has 0 saturated heterocycles. The Balaban J connectivity index is 1.69. The van der Waals surface area contributed by atoms with E-state index in [0.29, 0.717) is 0 Å². The molecule has 1 aromatic heterocycles. The number of unbranched alkanes of at least 4 members (excludes halogenated alkanes) is 2. The van der Waals surface area contributed by atoms with Gasteiger partial charge in [0, 0.05) is 46.9 Å². The molecule has 0 N–H and O–H groups in total. The van der Waals surface area contributed by atoms with E-state index < -0.39 is 0 Å². The van der Waals surface area contributed by atoms with E-state index in [1.165, 1.54) is 22.1 Å². The minimum Gasteiger partial charge on any atom is -0.456 e. The zero-order chi connectivity index (χ0) is 17.9. The van der Waals surface area contributed by atoms with Crippen molar-refractivity contribution in [1.82, 2.24) is 0 Å². The van der Waals surface area contributed by atoms with Crippen LogP contribution < -0.4 is 0 Å². The second-order valence-corrected chi connectivity index (χ2v) is 6.77. The molecule has 1 heteroatoms. The van der Waals surface area contributed by atoms with Crippen molar-refractivity contribution in [2.75, 3.05) is 0 Å². The van der Waals surface area contributed by atoms with Crippen molar-refractivity contribution in [2.24, 2.45) is 0 Å². The molecule has 0 aliphatic heterocycles. The van der Waals surface area contributed by atoms with Crippen molar-refractivity contribution in [3.05, 3.63) is 58.7 Å². The molecule has 128 valence electrons. The fourth-order valence-corrected chi connectivity index (χ4v) is 3.43. The molecule has 0 radical (unpaired) electrons. The van der Waals surface area contributed by atoms with E-state index in [4.69, 9.17) is 4.42 Å². The molecule has 1 aliphatic carbocycles. The molecule has 4 rings (SSSR count). The first kappa shape index (κ1) is 16.6. The summed E-state index contributed by atoms with van der Waals surface area (Å²) >= 11 is 0. The lowest BCUT2D eigenvalue weighted by atomic mass is 10.0. The maximum atomic E-state index is 6.22. The molecule has 0 atom stereocenters. The van der Waals surface area contributed by atoms with E-state index >= 15 is 0 Å². The standard InChI is InChI=1S/C25H22O/c1-3-5-7-9-18-11-13-21-20(15-18)17-23-22-14-12-19(10-8-6-4-2)16-24(22)26-25(21)23/h11-16H,3-6,17H2,1-2H3. The molecule has 1 heterocycles. The van der Waals surface area contributed by atoms with Gasteiger partial charge in [0.2, 0.25) is 0 Å². The molecule has 1 aliphatic rings. The van der Waals surface area contributed by atoms with Crippen LogP contribution in [0.4, 0.5) is 0 Å². The van der Waals surface area contributed by atoms with Gasteiger partial charge in [-0.1, -0.05) is 37.5 Å². The van der Waals surface area contributed by atoms with E-state index in [9.17, 15) is 0 Å². The van der Waals surface area contributed by atoms with Gasteiger partial charge < -0.3 is 4.42 Å². The predicted octanol–water partition coefficient (Wildman–Crippen LogP) is 6.31. The van der Waals surface area contributed by atoms with Gasteiger partial charge in [0.25, 0.3) is 0 Å². The van der Waals surface area contributed by atoms with E-state index in [-0.39, 0.29) is 0 Å². The molecule has 0 amide bonds. The van der Waals surface area contributed by atoms with Crippen LogP contribution in [0.25, 0.3) is 22.3 Å². The summed E-state index contributed by atoms with van der Waals surface area (Å²) in [7, 11) is 0. The summed E-state index contributed by atoms with van der Waals surface area (Å²) in [6, 6.07) is 12.8. The second kappa shape index (κ2) is 7.15. The molecule has 3 aromatic rings. The minimum absolute atomic E-state index is 0.918. The molecule has 0 fully saturated rings. The van der Waals surface area contributed by atoms with E-state index in [1.54, 1.807) is 0 Å². The number of furan rings is 1. The normalized spacial score (nSPS) is 11.3. The van der Waals surface area contributed by atoms with Gasteiger partial charge in [-0.15, -0.1) is 0 Å². The summed E-state index contributed by atoms with van der Waals surface area (Å²) in [5.41, 5.74) is 6.88. The van der Waals surface area contributed by atoms with Crippen molar-refractivity contribution in [1.29, 1.82) is 0 Å². The Kier molecular flexibility index (Phi) is 4.55. The Bertz CT molecular complexity index is 1090. The molecule has 0 bridgehead atoms. The molecular weight excluding hydrogens is 316 g/mol. The zero-order valence-electron chi connectivity index (χ0n) is 15.4. The first-order valence-corrected chi connectivity index (χ1v) is 9.46. The average molecular weight is 338 g/mol. The van der Waals surface area contributed by atoms with Crippen LogP contribution in [0, 0.1) is 23.7 Å². The van der Waals surface area contributed by atoms with Gasteiger partial charge in [-0.05, 0) is 54.8 Å². The summed E-state index contributed by atoms with van der Waals surface area (Å²) in [6.07, 6.45) is 4.99. The summed E-state index contributed by atoms with van der Waals surface area (Å²) < 4.78 is 6.22. The summed E-state index contributed by atoms with van der Waals surface area (Å²) in [6.45, 7) is 4.30. The SMILES string of the molecule is CCCC#Cc1ccc2c(c1)Cc1c-2oc2cc(C#CCCC)ccc12. The van der Waals surface area contributed by atoms with Gasteiger partial charge in [0.15, 0.2) is 0 Å². The van der Waals surface area contributed by atoms with Crippen molar-refractivity contribution < 1.29 is 4.42 Å². The Morgan fingerprint density at radius 3 is 2.31 bits per heavy atom. The lowest BCUT2D eigenvalue weighted by Crippen LogP contribution is -1.84. The van der Waals surface area contributed by atoms with Gasteiger partial charge in [0.05, 0.1) is 0 Å². The number of benzene rings is 2. The van der Waals surface area contributed by atoms with Gasteiger partial charge in [-0.3, -0.25) is 0 Å². The van der Waals surface area contributed by atoms with Crippen molar-refractivity contribution in [3.8, 4) is 35.0 Å². The first-order valence-electron chi connectivity index (χ1n) is 9.46. The number of hydrogen-bond acceptors (Lipinski definition) is 1. The molecule has 0 spiro atoms. The van der Waals surface area contributed by atoms with Gasteiger partial charge in [0.1, 0.15) is 11.3 Å².